The fourth-order valence-electron chi connectivity index (χ4n) is 2.51. The summed E-state index contributed by atoms with van der Waals surface area (Å²) in [6.07, 6.45) is -3.70. The predicted octanol–water partition coefficient (Wildman–Crippen LogP) is 4.45. The molecule has 1 N–H and O–H groups in total. The molecule has 0 unspecified atom stereocenters. The molecule has 0 aliphatic carbocycles. The number of ether oxygens (including phenoxy) is 2. The summed E-state index contributed by atoms with van der Waals surface area (Å²) in [5.41, 5.74) is 1.69. The summed E-state index contributed by atoms with van der Waals surface area (Å²) in [6.45, 7) is 0. The second-order valence-electron chi connectivity index (χ2n) is 5.69. The van der Waals surface area contributed by atoms with Crippen LogP contribution in [0.1, 0.15) is 5.01 Å². The van der Waals surface area contributed by atoms with E-state index in [0.717, 1.165) is 5.56 Å². The summed E-state index contributed by atoms with van der Waals surface area (Å²) in [5, 5.41) is 4.95. The molecule has 0 radical (unpaired) electrons. The van der Waals surface area contributed by atoms with Crippen molar-refractivity contribution in [1.82, 2.24) is 4.98 Å². The van der Waals surface area contributed by atoms with E-state index in [1.165, 1.54) is 41.7 Å². The Morgan fingerprint density at radius 1 is 1.11 bits per heavy atom. The van der Waals surface area contributed by atoms with Crippen LogP contribution >= 0.6 is 11.3 Å². The van der Waals surface area contributed by atoms with Crippen molar-refractivity contribution in [2.75, 3.05) is 5.32 Å². The maximum absolute atomic E-state index is 13.0. The predicted molar refractivity (Wildman–Crippen MR) is 92.5 cm³/mol. The molecule has 2 aromatic carbocycles. The number of nitrogens with zero attached hydrogens (tertiary/aromatic N) is 1. The quantitative estimate of drug-likeness (QED) is 0.713. The molecule has 0 spiro atoms. The second-order valence-corrected chi connectivity index (χ2v) is 6.63. The summed E-state index contributed by atoms with van der Waals surface area (Å²) in [5.74, 6) is -0.941. The van der Waals surface area contributed by atoms with Crippen molar-refractivity contribution in [3.63, 3.8) is 0 Å². The van der Waals surface area contributed by atoms with Crippen molar-refractivity contribution in [1.29, 1.82) is 0 Å². The van der Waals surface area contributed by atoms with Crippen molar-refractivity contribution < 1.29 is 27.4 Å². The van der Waals surface area contributed by atoms with Crippen molar-refractivity contribution in [3.05, 3.63) is 58.7 Å². The highest BCUT2D eigenvalue weighted by Gasteiger charge is 2.43. The first-order valence-corrected chi connectivity index (χ1v) is 8.66. The zero-order valence-corrected chi connectivity index (χ0v) is 14.4. The van der Waals surface area contributed by atoms with Crippen LogP contribution in [0.5, 0.6) is 11.5 Å². The number of amides is 1. The molecule has 5 nitrogen and oxygen atoms in total. The van der Waals surface area contributed by atoms with Crippen LogP contribution in [-0.4, -0.2) is 17.2 Å². The van der Waals surface area contributed by atoms with E-state index in [9.17, 15) is 18.0 Å². The number of halogens is 3. The van der Waals surface area contributed by atoms with Crippen LogP contribution in [0.4, 0.5) is 18.9 Å². The molecule has 2 heterocycles. The van der Waals surface area contributed by atoms with Crippen molar-refractivity contribution in [2.24, 2.45) is 0 Å². The van der Waals surface area contributed by atoms with Gasteiger partial charge in [0.05, 0.1) is 12.1 Å². The average molecular weight is 392 g/mol. The number of thiazole rings is 1. The molecule has 1 amide bonds. The van der Waals surface area contributed by atoms with Gasteiger partial charge in [0.25, 0.3) is 0 Å². The van der Waals surface area contributed by atoms with E-state index in [0.29, 0.717) is 16.4 Å². The van der Waals surface area contributed by atoms with Crippen molar-refractivity contribution in [3.8, 4) is 22.8 Å². The molecule has 3 aromatic rings. The highest BCUT2D eigenvalue weighted by atomic mass is 32.1. The highest BCUT2D eigenvalue weighted by molar-refractivity contribution is 7.10. The molecule has 0 fully saturated rings. The van der Waals surface area contributed by atoms with Gasteiger partial charge < -0.3 is 14.8 Å². The molecule has 0 saturated heterocycles. The Kier molecular flexibility index (Phi) is 4.23. The van der Waals surface area contributed by atoms with E-state index in [1.807, 2.05) is 0 Å². The Balaban J connectivity index is 1.41. The second kappa shape index (κ2) is 6.58. The average Bonchev–Trinajstić information content (AvgIpc) is 3.17. The van der Waals surface area contributed by atoms with Gasteiger partial charge in [-0.15, -0.1) is 20.1 Å². The van der Waals surface area contributed by atoms with Crippen molar-refractivity contribution >= 4 is 22.9 Å². The third-order valence-corrected chi connectivity index (χ3v) is 4.54. The van der Waals surface area contributed by atoms with Gasteiger partial charge in [0.2, 0.25) is 5.91 Å². The third-order valence-electron chi connectivity index (χ3n) is 3.69. The lowest BCUT2D eigenvalue weighted by atomic mass is 10.2. The van der Waals surface area contributed by atoms with Crippen LogP contribution in [0, 0.1) is 5.82 Å². The van der Waals surface area contributed by atoms with E-state index >= 15 is 0 Å². The smallest absolute Gasteiger partial charge is 0.395 e. The highest BCUT2D eigenvalue weighted by Crippen LogP contribution is 2.42. The Morgan fingerprint density at radius 2 is 1.85 bits per heavy atom. The first-order chi connectivity index (χ1) is 12.9. The molecule has 138 valence electrons. The fourth-order valence-corrected chi connectivity index (χ4v) is 3.32. The normalized spacial score (nSPS) is 14.2. The number of anilines is 1. The molecule has 1 aliphatic rings. The third kappa shape index (κ3) is 3.87. The lowest BCUT2D eigenvalue weighted by molar-refractivity contribution is -0.286. The van der Waals surface area contributed by atoms with E-state index < -0.39 is 6.29 Å². The van der Waals surface area contributed by atoms with E-state index in [1.54, 1.807) is 17.5 Å². The minimum atomic E-state index is -3.71. The van der Waals surface area contributed by atoms with E-state index in [2.05, 4.69) is 19.8 Å². The van der Waals surface area contributed by atoms with Crippen LogP contribution < -0.4 is 14.8 Å². The number of carbonyl (C=O) groups is 1. The maximum atomic E-state index is 13.0. The lowest BCUT2D eigenvalue weighted by Gasteiger charge is -2.05. The molecule has 27 heavy (non-hydrogen) atoms. The number of benzene rings is 2. The van der Waals surface area contributed by atoms with Gasteiger partial charge in [-0.1, -0.05) is 0 Å². The van der Waals surface area contributed by atoms with Crippen LogP contribution in [0.25, 0.3) is 11.3 Å². The zero-order chi connectivity index (χ0) is 19.0. The summed E-state index contributed by atoms with van der Waals surface area (Å²) in [7, 11) is 0. The first-order valence-electron chi connectivity index (χ1n) is 7.78. The van der Waals surface area contributed by atoms with Gasteiger partial charge in [-0.25, -0.2) is 9.37 Å². The number of hydrogen-bond donors (Lipinski definition) is 1. The Hall–Kier alpha value is -3.07. The minimum absolute atomic E-state index is 0.0104. The summed E-state index contributed by atoms with van der Waals surface area (Å²) >= 11 is 1.30. The van der Waals surface area contributed by atoms with Gasteiger partial charge in [0, 0.05) is 22.7 Å². The number of rotatable bonds is 4. The van der Waals surface area contributed by atoms with Crippen molar-refractivity contribution in [2.45, 2.75) is 12.7 Å². The number of carbonyl (C=O) groups excluding carboxylic acids is 1. The van der Waals surface area contributed by atoms with Gasteiger partial charge in [-0.05, 0) is 36.4 Å². The maximum Gasteiger partial charge on any atom is 0.586 e. The zero-order valence-electron chi connectivity index (χ0n) is 13.5. The molecular weight excluding hydrogens is 381 g/mol. The molecular formula is C18H11F3N2O3S. The Bertz CT molecular complexity index is 1010. The van der Waals surface area contributed by atoms with Crippen LogP contribution in [0.2, 0.25) is 0 Å². The molecule has 1 aliphatic heterocycles. The van der Waals surface area contributed by atoms with Gasteiger partial charge >= 0.3 is 6.29 Å². The standard InChI is InChI=1S/C18H11F3N2O3S/c19-11-3-1-10(2-4-11)13-9-27-17(23-13)8-16(24)22-12-5-6-14-15(7-12)26-18(20,21)25-14/h1-7,9H,8H2,(H,22,24). The summed E-state index contributed by atoms with van der Waals surface area (Å²) in [6, 6.07) is 9.89. The molecule has 1 aromatic heterocycles. The largest absolute Gasteiger partial charge is 0.586 e. The van der Waals surface area contributed by atoms with Gasteiger partial charge in [0.1, 0.15) is 10.8 Å². The fraction of sp³-hybridized carbons (Fsp3) is 0.111. The molecule has 9 heteroatoms. The number of hydrogen-bond acceptors (Lipinski definition) is 5. The number of fused-ring (bicyclic) bond motifs is 1. The monoisotopic (exact) mass is 392 g/mol. The lowest BCUT2D eigenvalue weighted by Crippen LogP contribution is -2.25. The van der Waals surface area contributed by atoms with Gasteiger partial charge in [0.15, 0.2) is 11.5 Å². The first kappa shape index (κ1) is 17.3. The Labute approximate surface area is 155 Å². The summed E-state index contributed by atoms with van der Waals surface area (Å²) < 4.78 is 47.7. The van der Waals surface area contributed by atoms with Gasteiger partial charge in [-0.3, -0.25) is 4.79 Å². The molecule has 4 rings (SSSR count). The van der Waals surface area contributed by atoms with Crippen LogP contribution in [0.3, 0.4) is 0 Å². The molecule has 0 bridgehead atoms. The minimum Gasteiger partial charge on any atom is -0.395 e. The van der Waals surface area contributed by atoms with Crippen LogP contribution in [-0.2, 0) is 11.2 Å². The van der Waals surface area contributed by atoms with Gasteiger partial charge in [-0.2, -0.15) is 0 Å². The molecule has 0 atom stereocenters. The summed E-state index contributed by atoms with van der Waals surface area (Å²) in [4.78, 5) is 16.5. The number of aromatic nitrogens is 1. The number of alkyl halides is 2. The van der Waals surface area contributed by atoms with Crippen LogP contribution in [0.15, 0.2) is 47.8 Å². The topological polar surface area (TPSA) is 60.5 Å². The van der Waals surface area contributed by atoms with E-state index in [-0.39, 0.29) is 29.6 Å². The molecule has 0 saturated carbocycles. The Morgan fingerprint density at radius 3 is 2.63 bits per heavy atom. The SMILES string of the molecule is O=C(Cc1nc(-c2ccc(F)cc2)cs1)Nc1ccc2c(c1)OC(F)(F)O2. The number of nitrogens with one attached hydrogen (secondary N) is 1. The van der Waals surface area contributed by atoms with E-state index in [4.69, 9.17) is 0 Å².